The molecule has 0 aliphatic carbocycles. The Morgan fingerprint density at radius 1 is 1.19 bits per heavy atom. The van der Waals surface area contributed by atoms with Gasteiger partial charge in [0.05, 0.1) is 23.9 Å². The van der Waals surface area contributed by atoms with E-state index in [9.17, 15) is 9.18 Å². The molecular formula is C18H31BFNO5. The van der Waals surface area contributed by atoms with E-state index in [0.717, 1.165) is 0 Å². The van der Waals surface area contributed by atoms with Crippen LogP contribution >= 0.6 is 0 Å². The van der Waals surface area contributed by atoms with Gasteiger partial charge in [0.15, 0.2) is 0 Å². The highest BCUT2D eigenvalue weighted by Gasteiger charge is 2.53. The maximum atomic E-state index is 14.6. The van der Waals surface area contributed by atoms with E-state index in [2.05, 4.69) is 0 Å². The second-order valence-electron chi connectivity index (χ2n) is 8.81. The van der Waals surface area contributed by atoms with Crippen molar-refractivity contribution in [2.24, 2.45) is 0 Å². The maximum absolute atomic E-state index is 14.6. The largest absolute Gasteiger partial charge is 0.524 e. The molecule has 0 aromatic rings. The second-order valence-corrected chi connectivity index (χ2v) is 8.81. The fourth-order valence-corrected chi connectivity index (χ4v) is 2.64. The van der Waals surface area contributed by atoms with Gasteiger partial charge in [0.2, 0.25) is 0 Å². The van der Waals surface area contributed by atoms with Crippen molar-refractivity contribution in [2.45, 2.75) is 77.8 Å². The lowest BCUT2D eigenvalue weighted by Gasteiger charge is -2.32. The lowest BCUT2D eigenvalue weighted by atomic mass is 9.87. The quantitative estimate of drug-likeness (QED) is 0.696. The smallest absolute Gasteiger partial charge is 0.444 e. The van der Waals surface area contributed by atoms with Crippen molar-refractivity contribution in [2.75, 3.05) is 19.7 Å². The van der Waals surface area contributed by atoms with Crippen LogP contribution in [0, 0.1) is 0 Å². The Kier molecular flexibility index (Phi) is 6.10. The summed E-state index contributed by atoms with van der Waals surface area (Å²) in [5.41, 5.74) is -2.24. The minimum Gasteiger partial charge on any atom is -0.444 e. The minimum atomic E-state index is -1.03. The normalized spacial score (nSPS) is 26.6. The van der Waals surface area contributed by atoms with E-state index in [0.29, 0.717) is 26.1 Å². The summed E-state index contributed by atoms with van der Waals surface area (Å²) < 4.78 is 37.1. The van der Waals surface area contributed by atoms with Crippen LogP contribution in [0.5, 0.6) is 0 Å². The predicted molar refractivity (Wildman–Crippen MR) is 97.4 cm³/mol. The van der Waals surface area contributed by atoms with Crippen molar-refractivity contribution in [3.05, 3.63) is 11.8 Å². The van der Waals surface area contributed by atoms with Gasteiger partial charge in [0.25, 0.3) is 0 Å². The summed E-state index contributed by atoms with van der Waals surface area (Å²) in [7, 11) is -1.03. The Labute approximate surface area is 156 Å². The molecule has 0 saturated carbocycles. The van der Waals surface area contributed by atoms with E-state index in [1.54, 1.807) is 4.90 Å². The topological polar surface area (TPSA) is 57.2 Å². The highest BCUT2D eigenvalue weighted by Crippen LogP contribution is 2.38. The first-order valence-electron chi connectivity index (χ1n) is 9.13. The molecule has 0 bridgehead atoms. The molecule has 2 aliphatic rings. The Hall–Kier alpha value is -1.12. The molecule has 6 nitrogen and oxygen atoms in total. The van der Waals surface area contributed by atoms with Gasteiger partial charge in [-0.3, -0.25) is 0 Å². The van der Waals surface area contributed by atoms with Gasteiger partial charge >= 0.3 is 13.2 Å². The predicted octanol–water partition coefficient (Wildman–Crippen LogP) is 3.50. The zero-order valence-electron chi connectivity index (χ0n) is 16.9. The van der Waals surface area contributed by atoms with Gasteiger partial charge in [-0.15, -0.1) is 0 Å². The molecule has 2 fully saturated rings. The molecule has 8 heteroatoms. The van der Waals surface area contributed by atoms with Crippen LogP contribution in [0.4, 0.5) is 9.18 Å². The van der Waals surface area contributed by atoms with Gasteiger partial charge < -0.3 is 23.7 Å². The van der Waals surface area contributed by atoms with Gasteiger partial charge in [-0.2, -0.15) is 0 Å². The molecule has 0 radical (unpaired) electrons. The van der Waals surface area contributed by atoms with Crippen molar-refractivity contribution in [1.82, 2.24) is 4.90 Å². The van der Waals surface area contributed by atoms with E-state index in [1.807, 2.05) is 48.5 Å². The number of halogens is 1. The van der Waals surface area contributed by atoms with Gasteiger partial charge in [0.1, 0.15) is 11.3 Å². The van der Waals surface area contributed by atoms with E-state index in [1.165, 1.54) is 6.08 Å². The highest BCUT2D eigenvalue weighted by atomic mass is 19.1. The SMILES string of the molecule is CC(C)(C)OC(=O)N1CCOC(C=C(F)B2OC(C)(C)C(C)(C)O2)CC1. The summed E-state index contributed by atoms with van der Waals surface area (Å²) in [5, 5.41) is 0. The Bertz CT molecular complexity index is 542. The first-order chi connectivity index (χ1) is 11.8. The molecule has 0 aromatic heterocycles. The van der Waals surface area contributed by atoms with Crippen LogP contribution in [-0.4, -0.2) is 60.7 Å². The molecule has 0 N–H and O–H groups in total. The lowest BCUT2D eigenvalue weighted by Crippen LogP contribution is -2.41. The van der Waals surface area contributed by atoms with Crippen molar-refractivity contribution in [3.8, 4) is 0 Å². The number of carbonyl (C=O) groups is 1. The first kappa shape index (κ1) is 21.2. The number of rotatable bonds is 2. The van der Waals surface area contributed by atoms with E-state index >= 15 is 0 Å². The molecule has 0 aromatic carbocycles. The molecular weight excluding hydrogens is 340 g/mol. The van der Waals surface area contributed by atoms with Crippen LogP contribution < -0.4 is 0 Å². The monoisotopic (exact) mass is 371 g/mol. The summed E-state index contributed by atoms with van der Waals surface area (Å²) in [6.07, 6.45) is 1.05. The highest BCUT2D eigenvalue weighted by molar-refractivity contribution is 6.53. The number of hydrogen-bond acceptors (Lipinski definition) is 5. The minimum absolute atomic E-state index is 0.317. The van der Waals surface area contributed by atoms with Gasteiger partial charge in [0, 0.05) is 13.1 Å². The molecule has 2 aliphatic heterocycles. The van der Waals surface area contributed by atoms with Crippen LogP contribution in [-0.2, 0) is 18.8 Å². The number of nitrogens with zero attached hydrogens (tertiary/aromatic N) is 1. The fourth-order valence-electron chi connectivity index (χ4n) is 2.64. The molecule has 2 rings (SSSR count). The van der Waals surface area contributed by atoms with Crippen LogP contribution in [0.2, 0.25) is 0 Å². The lowest BCUT2D eigenvalue weighted by molar-refractivity contribution is 0.00578. The molecule has 1 atom stereocenters. The van der Waals surface area contributed by atoms with Crippen LogP contribution in [0.1, 0.15) is 54.9 Å². The summed E-state index contributed by atoms with van der Waals surface area (Å²) in [4.78, 5) is 13.8. The van der Waals surface area contributed by atoms with Gasteiger partial charge in [-0.25, -0.2) is 9.18 Å². The molecule has 148 valence electrons. The molecule has 1 unspecified atom stereocenters. The summed E-state index contributed by atoms with van der Waals surface area (Å²) in [6, 6.07) is 0. The average molecular weight is 371 g/mol. The van der Waals surface area contributed by atoms with Crippen molar-refractivity contribution in [1.29, 1.82) is 0 Å². The Morgan fingerprint density at radius 2 is 1.77 bits per heavy atom. The molecule has 2 heterocycles. The first-order valence-corrected chi connectivity index (χ1v) is 9.13. The third kappa shape index (κ3) is 5.21. The van der Waals surface area contributed by atoms with Crippen LogP contribution in [0.25, 0.3) is 0 Å². The zero-order valence-corrected chi connectivity index (χ0v) is 16.9. The van der Waals surface area contributed by atoms with Gasteiger partial charge in [-0.1, -0.05) is 0 Å². The molecule has 2 saturated heterocycles. The van der Waals surface area contributed by atoms with Crippen molar-refractivity contribution < 1.29 is 28.0 Å². The van der Waals surface area contributed by atoms with E-state index in [4.69, 9.17) is 18.8 Å². The summed E-state index contributed by atoms with van der Waals surface area (Å²) in [6.45, 7) is 14.1. The summed E-state index contributed by atoms with van der Waals surface area (Å²) >= 11 is 0. The van der Waals surface area contributed by atoms with E-state index < -0.39 is 35.8 Å². The number of amides is 1. The van der Waals surface area contributed by atoms with Crippen LogP contribution in [0.15, 0.2) is 11.8 Å². The number of carbonyl (C=O) groups excluding carboxylic acids is 1. The van der Waals surface area contributed by atoms with Crippen LogP contribution in [0.3, 0.4) is 0 Å². The third-order valence-corrected chi connectivity index (χ3v) is 4.85. The van der Waals surface area contributed by atoms with Gasteiger partial charge in [-0.05, 0) is 61.0 Å². The van der Waals surface area contributed by atoms with Crippen molar-refractivity contribution in [3.63, 3.8) is 0 Å². The number of hydrogen-bond donors (Lipinski definition) is 0. The molecule has 0 spiro atoms. The van der Waals surface area contributed by atoms with Crippen molar-refractivity contribution >= 4 is 13.2 Å². The Balaban J connectivity index is 1.95. The standard InChI is InChI=1S/C18H31BFNO5/c1-16(2,3)24-15(22)21-9-8-13(23-11-10-21)12-14(20)19-25-17(4,5)18(6,7)26-19/h12-13H,8-11H2,1-7H3. The molecule has 26 heavy (non-hydrogen) atoms. The fraction of sp³-hybridized carbons (Fsp3) is 0.833. The Morgan fingerprint density at radius 3 is 2.31 bits per heavy atom. The van der Waals surface area contributed by atoms with E-state index in [-0.39, 0.29) is 6.09 Å². The molecule has 1 amide bonds. The maximum Gasteiger partial charge on any atom is 0.524 e. The third-order valence-electron chi connectivity index (χ3n) is 4.85. The number of ether oxygens (including phenoxy) is 2. The second kappa shape index (κ2) is 7.48. The zero-order chi connectivity index (χ0) is 19.8. The average Bonchev–Trinajstić information content (AvgIpc) is 2.63. The summed E-state index contributed by atoms with van der Waals surface area (Å²) in [5.74, 6) is 0.